The van der Waals surface area contributed by atoms with Crippen molar-refractivity contribution in [2.75, 3.05) is 0 Å². The van der Waals surface area contributed by atoms with Gasteiger partial charge in [-0.25, -0.2) is 0 Å². The topological polar surface area (TPSA) is 78.1 Å². The summed E-state index contributed by atoms with van der Waals surface area (Å²) in [6.07, 6.45) is 14.0. The molecule has 0 amide bonds. The van der Waals surface area contributed by atoms with Crippen LogP contribution in [0.2, 0.25) is 0 Å². The average molecular weight is 1110 g/mol. The van der Waals surface area contributed by atoms with Gasteiger partial charge in [-0.1, -0.05) is 308 Å². The molecule has 6 aromatic carbocycles. The van der Waals surface area contributed by atoms with Gasteiger partial charge in [-0.05, 0) is 164 Å². The molecule has 3 nitrogen and oxygen atoms in total. The fraction of sp³-hybridized carbons (Fsp3) is 0.538. The van der Waals surface area contributed by atoms with Crippen molar-refractivity contribution in [2.24, 2.45) is 52.7 Å². The third kappa shape index (κ3) is 42.6. The predicted octanol–water partition coefficient (Wildman–Crippen LogP) is 22.4. The highest BCUT2D eigenvalue weighted by atomic mass is 14.6. The van der Waals surface area contributed by atoms with E-state index in [0.29, 0.717) is 35.9 Å². The van der Waals surface area contributed by atoms with Crippen molar-refractivity contribution in [3.05, 3.63) is 215 Å². The molecule has 0 aliphatic heterocycles. The molecule has 81 heavy (non-hydrogen) atoms. The van der Waals surface area contributed by atoms with E-state index in [9.17, 15) is 0 Å². The molecule has 6 rings (SSSR count). The Morgan fingerprint density at radius 3 is 0.556 bits per heavy atom. The largest absolute Gasteiger partial charge is 0.327 e. The standard InChI is InChI=1S/3C13H20.3C12H19N.3CH4/c3*1-4-12(10-11(2)3)13-8-6-5-7-9-13;3*1-10(2)8-12(13)9-11-6-4-3-5-7-11;;;/h3*5-9,11-12H,4,10H2,1-3H3;3*3-7,10,12H,8-9,13H2,1-2H3;3*1H4/t2*12-;;2*12-;;;;/m10.10..../s1. The summed E-state index contributed by atoms with van der Waals surface area (Å²) in [5.41, 5.74) is 26.5. The van der Waals surface area contributed by atoms with Crippen molar-refractivity contribution in [3.63, 3.8) is 0 Å². The van der Waals surface area contributed by atoms with Crippen LogP contribution in [0.4, 0.5) is 0 Å². The summed E-state index contributed by atoms with van der Waals surface area (Å²) in [4.78, 5) is 0. The number of hydrogen-bond donors (Lipinski definition) is 3. The minimum atomic E-state index is 0. The Morgan fingerprint density at radius 2 is 0.407 bits per heavy atom. The Hall–Kier alpha value is -4.80. The van der Waals surface area contributed by atoms with Crippen LogP contribution in [-0.4, -0.2) is 18.1 Å². The Balaban J connectivity index is -0.000000895. The van der Waals surface area contributed by atoms with Gasteiger partial charge in [0.2, 0.25) is 0 Å². The predicted molar refractivity (Wildman–Crippen MR) is 370 cm³/mol. The fourth-order valence-electron chi connectivity index (χ4n) is 10.3. The summed E-state index contributed by atoms with van der Waals surface area (Å²) < 4.78 is 0. The number of rotatable bonds is 24. The molecule has 0 radical (unpaired) electrons. The molecule has 0 bridgehead atoms. The fourth-order valence-corrected chi connectivity index (χ4v) is 10.3. The molecule has 2 unspecified atom stereocenters. The molecular formula is C78H129N3. The lowest BCUT2D eigenvalue weighted by molar-refractivity contribution is 0.489. The van der Waals surface area contributed by atoms with E-state index in [4.69, 9.17) is 17.2 Å². The lowest BCUT2D eigenvalue weighted by atomic mass is 9.88. The van der Waals surface area contributed by atoms with Crippen molar-refractivity contribution in [1.82, 2.24) is 0 Å². The minimum Gasteiger partial charge on any atom is -0.327 e. The van der Waals surface area contributed by atoms with Crippen LogP contribution in [0, 0.1) is 35.5 Å². The van der Waals surface area contributed by atoms with Gasteiger partial charge in [-0.3, -0.25) is 0 Å². The maximum absolute atomic E-state index is 6.01. The van der Waals surface area contributed by atoms with E-state index in [2.05, 4.69) is 268 Å². The molecule has 0 spiro atoms. The maximum atomic E-state index is 6.01. The van der Waals surface area contributed by atoms with Gasteiger partial charge in [-0.2, -0.15) is 0 Å². The van der Waals surface area contributed by atoms with E-state index in [0.717, 1.165) is 74.0 Å². The Morgan fingerprint density at radius 1 is 0.247 bits per heavy atom. The Labute approximate surface area is 504 Å². The molecule has 0 saturated carbocycles. The van der Waals surface area contributed by atoms with Crippen LogP contribution in [0.1, 0.15) is 235 Å². The van der Waals surface area contributed by atoms with Crippen molar-refractivity contribution in [3.8, 4) is 0 Å². The second-order valence-corrected chi connectivity index (χ2v) is 24.7. The normalized spacial score (nSPS) is 12.7. The summed E-state index contributed by atoms with van der Waals surface area (Å²) in [6, 6.07) is 64.8. The second-order valence-electron chi connectivity index (χ2n) is 24.7. The van der Waals surface area contributed by atoms with Gasteiger partial charge in [0.1, 0.15) is 0 Å². The molecule has 0 aromatic heterocycles. The first kappa shape index (κ1) is 80.4. The SMILES string of the molecule is C.C.C.CC(C)CC(N)Cc1ccccc1.CC(C)C[C@@H](N)Cc1ccccc1.CC(C)C[C@H](N)Cc1ccccc1.CCC(CC(C)C)c1ccccc1.CC[C@@H](CC(C)C)c1ccccc1.CC[C@H](CC(C)C)c1ccccc1. The lowest BCUT2D eigenvalue weighted by Crippen LogP contribution is -2.24. The number of nitrogens with two attached hydrogens (primary N) is 3. The Bertz CT molecular complexity index is 1930. The monoisotopic (exact) mass is 1110 g/mol. The lowest BCUT2D eigenvalue weighted by Gasteiger charge is -2.17. The summed E-state index contributed by atoms with van der Waals surface area (Å²) in [5.74, 6) is 6.72. The average Bonchev–Trinajstić information content (AvgIpc) is 3.40. The quantitative estimate of drug-likeness (QED) is 0.0565. The van der Waals surface area contributed by atoms with Gasteiger partial charge in [0.25, 0.3) is 0 Å². The Kier molecular flexibility index (Phi) is 49.4. The maximum Gasteiger partial charge on any atom is 0.00817 e. The van der Waals surface area contributed by atoms with Gasteiger partial charge < -0.3 is 17.2 Å². The highest BCUT2D eigenvalue weighted by Crippen LogP contribution is 2.28. The van der Waals surface area contributed by atoms with Crippen molar-refractivity contribution in [2.45, 2.75) is 239 Å². The van der Waals surface area contributed by atoms with Crippen LogP contribution in [0.3, 0.4) is 0 Å². The molecule has 456 valence electrons. The minimum absolute atomic E-state index is 0. The first-order valence-electron chi connectivity index (χ1n) is 30.8. The van der Waals surface area contributed by atoms with E-state index in [1.807, 2.05) is 18.2 Å². The van der Waals surface area contributed by atoms with Gasteiger partial charge in [0.15, 0.2) is 0 Å². The molecule has 6 N–H and O–H groups in total. The summed E-state index contributed by atoms with van der Waals surface area (Å²) in [7, 11) is 0. The summed E-state index contributed by atoms with van der Waals surface area (Å²) in [6.45, 7) is 33.9. The molecule has 0 heterocycles. The van der Waals surface area contributed by atoms with Gasteiger partial charge in [0.05, 0.1) is 0 Å². The highest BCUT2D eigenvalue weighted by Gasteiger charge is 2.13. The molecule has 3 heteroatoms. The van der Waals surface area contributed by atoms with Crippen molar-refractivity contribution in [1.29, 1.82) is 0 Å². The molecule has 0 fully saturated rings. The van der Waals surface area contributed by atoms with E-state index in [-0.39, 0.29) is 22.3 Å². The van der Waals surface area contributed by atoms with E-state index < -0.39 is 0 Å². The molecule has 6 atom stereocenters. The van der Waals surface area contributed by atoms with Crippen molar-refractivity contribution < 1.29 is 0 Å². The highest BCUT2D eigenvalue weighted by molar-refractivity contribution is 5.22. The molecule has 6 aromatic rings. The zero-order valence-corrected chi connectivity index (χ0v) is 52.5. The number of hydrogen-bond acceptors (Lipinski definition) is 3. The van der Waals surface area contributed by atoms with Crippen LogP contribution < -0.4 is 17.2 Å². The van der Waals surface area contributed by atoms with Crippen LogP contribution in [0.25, 0.3) is 0 Å². The van der Waals surface area contributed by atoms with Crippen molar-refractivity contribution >= 4 is 0 Å². The third-order valence-corrected chi connectivity index (χ3v) is 13.9. The van der Waals surface area contributed by atoms with Gasteiger partial charge >= 0.3 is 0 Å². The first-order chi connectivity index (χ1) is 37.3. The molecular weight excluding hydrogens is 979 g/mol. The first-order valence-corrected chi connectivity index (χ1v) is 30.8. The number of benzene rings is 6. The van der Waals surface area contributed by atoms with Crippen LogP contribution in [0.5, 0.6) is 0 Å². The molecule has 0 aliphatic carbocycles. The van der Waals surface area contributed by atoms with E-state index >= 15 is 0 Å². The van der Waals surface area contributed by atoms with Crippen LogP contribution >= 0.6 is 0 Å². The van der Waals surface area contributed by atoms with Gasteiger partial charge in [0, 0.05) is 18.1 Å². The summed E-state index contributed by atoms with van der Waals surface area (Å²) >= 11 is 0. The molecule has 0 saturated heterocycles. The second kappa shape index (κ2) is 49.8. The zero-order chi connectivity index (χ0) is 58.1. The van der Waals surface area contributed by atoms with Gasteiger partial charge in [-0.15, -0.1) is 0 Å². The third-order valence-electron chi connectivity index (χ3n) is 13.9. The zero-order valence-electron chi connectivity index (χ0n) is 52.5. The van der Waals surface area contributed by atoms with Crippen LogP contribution in [0.15, 0.2) is 182 Å². The smallest absolute Gasteiger partial charge is 0.00817 e. The molecule has 0 aliphatic rings. The van der Waals surface area contributed by atoms with Crippen LogP contribution in [-0.2, 0) is 19.3 Å². The van der Waals surface area contributed by atoms with E-state index in [1.165, 1.54) is 71.9 Å². The van der Waals surface area contributed by atoms with E-state index in [1.54, 1.807) is 0 Å². The summed E-state index contributed by atoms with van der Waals surface area (Å²) in [5, 5.41) is 0.